The zero-order valence-corrected chi connectivity index (χ0v) is 12.8. The highest BCUT2D eigenvalue weighted by molar-refractivity contribution is 5.95. The third-order valence-corrected chi connectivity index (χ3v) is 3.66. The predicted octanol–water partition coefficient (Wildman–Crippen LogP) is 3.26. The molecule has 1 atom stereocenters. The van der Waals surface area contributed by atoms with Crippen molar-refractivity contribution < 1.29 is 19.1 Å². The Morgan fingerprint density at radius 3 is 2.35 bits per heavy atom. The normalized spacial score (nSPS) is 22.4. The molecular weight excluding hydrogens is 256 g/mol. The molecule has 0 aliphatic heterocycles. The zero-order chi connectivity index (χ0) is 15.0. The average Bonchev–Trinajstić information content (AvgIpc) is 2.36. The van der Waals surface area contributed by atoms with E-state index in [-0.39, 0.29) is 19.1 Å². The third kappa shape index (κ3) is 4.99. The summed E-state index contributed by atoms with van der Waals surface area (Å²) in [6.45, 7) is 6.14. The Bertz CT molecular complexity index is 341. The van der Waals surface area contributed by atoms with Crippen molar-refractivity contribution in [2.45, 2.75) is 52.9 Å². The van der Waals surface area contributed by atoms with Crippen molar-refractivity contribution in [3.05, 3.63) is 11.6 Å². The third-order valence-electron chi connectivity index (χ3n) is 3.66. The molecule has 0 N–H and O–H groups in total. The van der Waals surface area contributed by atoms with Gasteiger partial charge in [0.2, 0.25) is 0 Å². The maximum Gasteiger partial charge on any atom is 0.320 e. The van der Waals surface area contributed by atoms with Crippen molar-refractivity contribution in [1.82, 2.24) is 0 Å². The van der Waals surface area contributed by atoms with Gasteiger partial charge in [-0.15, -0.1) is 0 Å². The Balaban J connectivity index is 2.88. The number of carbonyl (C=O) groups is 2. The van der Waals surface area contributed by atoms with Crippen molar-refractivity contribution in [2.75, 3.05) is 13.2 Å². The number of rotatable bonds is 5. The van der Waals surface area contributed by atoms with Gasteiger partial charge in [-0.3, -0.25) is 9.59 Å². The van der Waals surface area contributed by atoms with Crippen LogP contribution in [0.15, 0.2) is 11.6 Å². The van der Waals surface area contributed by atoms with Crippen LogP contribution in [0.3, 0.4) is 0 Å². The summed E-state index contributed by atoms with van der Waals surface area (Å²) in [6.07, 6.45) is 7.06. The molecular formula is C16H26O4. The van der Waals surface area contributed by atoms with Crippen LogP contribution in [0.4, 0.5) is 0 Å². The van der Waals surface area contributed by atoms with Gasteiger partial charge >= 0.3 is 11.9 Å². The van der Waals surface area contributed by atoms with Crippen LogP contribution < -0.4 is 0 Å². The van der Waals surface area contributed by atoms with Gasteiger partial charge in [0.25, 0.3) is 0 Å². The Hall–Kier alpha value is -1.32. The molecule has 0 bridgehead atoms. The van der Waals surface area contributed by atoms with Gasteiger partial charge in [0.1, 0.15) is 0 Å². The van der Waals surface area contributed by atoms with Gasteiger partial charge in [-0.1, -0.05) is 18.1 Å². The molecule has 114 valence electrons. The summed E-state index contributed by atoms with van der Waals surface area (Å²) in [6, 6.07) is 0. The maximum atomic E-state index is 12.1. The topological polar surface area (TPSA) is 52.6 Å². The summed E-state index contributed by atoms with van der Waals surface area (Å²) in [5, 5.41) is 0. The van der Waals surface area contributed by atoms with E-state index in [0.717, 1.165) is 32.1 Å². The fourth-order valence-corrected chi connectivity index (χ4v) is 2.73. The second kappa shape index (κ2) is 8.77. The van der Waals surface area contributed by atoms with Crippen molar-refractivity contribution in [3.8, 4) is 0 Å². The van der Waals surface area contributed by atoms with E-state index >= 15 is 0 Å². The monoisotopic (exact) mass is 282 g/mol. The van der Waals surface area contributed by atoms with Crippen LogP contribution in [-0.2, 0) is 19.1 Å². The highest BCUT2D eigenvalue weighted by atomic mass is 16.6. The number of hydrogen-bond donors (Lipinski definition) is 0. The summed E-state index contributed by atoms with van der Waals surface area (Å²) in [5.74, 6) is -1.67. The van der Waals surface area contributed by atoms with Crippen LogP contribution in [0.2, 0.25) is 0 Å². The minimum Gasteiger partial charge on any atom is -0.465 e. The lowest BCUT2D eigenvalue weighted by Gasteiger charge is -2.25. The minimum atomic E-state index is -0.781. The number of carbonyl (C=O) groups excluding carboxylic acids is 2. The molecule has 4 heteroatoms. The van der Waals surface area contributed by atoms with Gasteiger partial charge in [-0.2, -0.15) is 0 Å². The van der Waals surface area contributed by atoms with E-state index in [1.807, 2.05) is 0 Å². The van der Waals surface area contributed by atoms with Crippen LogP contribution in [0, 0.1) is 11.8 Å². The van der Waals surface area contributed by atoms with Crippen molar-refractivity contribution in [3.63, 3.8) is 0 Å². The van der Waals surface area contributed by atoms with E-state index in [0.29, 0.717) is 0 Å². The fourth-order valence-electron chi connectivity index (χ4n) is 2.73. The molecule has 0 fully saturated rings. The Kier molecular flexibility index (Phi) is 7.34. The molecule has 0 aromatic rings. The van der Waals surface area contributed by atoms with Crippen molar-refractivity contribution >= 4 is 11.9 Å². The summed E-state index contributed by atoms with van der Waals surface area (Å²) in [5.41, 5.74) is 1.24. The first-order valence-corrected chi connectivity index (χ1v) is 7.59. The van der Waals surface area contributed by atoms with E-state index < -0.39 is 17.9 Å². The highest BCUT2D eigenvalue weighted by Gasteiger charge is 2.37. The molecule has 0 saturated heterocycles. The fraction of sp³-hybridized carbons (Fsp3) is 0.750. The van der Waals surface area contributed by atoms with Crippen LogP contribution in [-0.4, -0.2) is 25.2 Å². The molecule has 0 spiro atoms. The van der Waals surface area contributed by atoms with Gasteiger partial charge in [-0.05, 0) is 52.4 Å². The lowest BCUT2D eigenvalue weighted by Crippen LogP contribution is -2.35. The molecule has 4 nitrogen and oxygen atoms in total. The van der Waals surface area contributed by atoms with Crippen molar-refractivity contribution in [1.29, 1.82) is 0 Å². The van der Waals surface area contributed by atoms with E-state index in [4.69, 9.17) is 9.47 Å². The van der Waals surface area contributed by atoms with Gasteiger partial charge in [0.05, 0.1) is 13.2 Å². The Morgan fingerprint density at radius 1 is 1.20 bits per heavy atom. The van der Waals surface area contributed by atoms with E-state index in [1.165, 1.54) is 5.57 Å². The summed E-state index contributed by atoms with van der Waals surface area (Å²) < 4.78 is 10.1. The minimum absolute atomic E-state index is 0.00958. The van der Waals surface area contributed by atoms with E-state index in [9.17, 15) is 9.59 Å². The van der Waals surface area contributed by atoms with Gasteiger partial charge < -0.3 is 9.47 Å². The largest absolute Gasteiger partial charge is 0.465 e. The number of hydrogen-bond acceptors (Lipinski definition) is 4. The molecule has 0 amide bonds. The molecule has 0 radical (unpaired) electrons. The van der Waals surface area contributed by atoms with Crippen LogP contribution >= 0.6 is 0 Å². The lowest BCUT2D eigenvalue weighted by atomic mass is 9.81. The van der Waals surface area contributed by atoms with Crippen LogP contribution in [0.25, 0.3) is 0 Å². The summed E-state index contributed by atoms with van der Waals surface area (Å²) in [4.78, 5) is 24.2. The van der Waals surface area contributed by atoms with E-state index in [2.05, 4.69) is 13.0 Å². The number of allylic oxidation sites excluding steroid dienone is 2. The Morgan fingerprint density at radius 2 is 1.80 bits per heavy atom. The lowest BCUT2D eigenvalue weighted by molar-refractivity contribution is -0.164. The number of ether oxygens (including phenoxy) is 2. The first kappa shape index (κ1) is 16.7. The smallest absolute Gasteiger partial charge is 0.320 e. The van der Waals surface area contributed by atoms with Gasteiger partial charge in [0, 0.05) is 0 Å². The second-order valence-corrected chi connectivity index (χ2v) is 5.28. The second-order valence-electron chi connectivity index (χ2n) is 5.28. The quantitative estimate of drug-likeness (QED) is 0.441. The standard InChI is InChI=1S/C16H26O4/c1-4-19-15(17)14(16(18)20-5-2)13-10-8-6-7-9-12(3)11-13/h9,13-14H,4-8,10-11H2,1-3H3/b12-9-. The predicted molar refractivity (Wildman–Crippen MR) is 77.1 cm³/mol. The van der Waals surface area contributed by atoms with Gasteiger partial charge in [-0.25, -0.2) is 0 Å². The molecule has 0 saturated carbocycles. The van der Waals surface area contributed by atoms with Crippen LogP contribution in [0.1, 0.15) is 52.9 Å². The first-order valence-electron chi connectivity index (χ1n) is 7.59. The molecule has 0 aromatic heterocycles. The van der Waals surface area contributed by atoms with Crippen molar-refractivity contribution in [2.24, 2.45) is 11.8 Å². The zero-order valence-electron chi connectivity index (χ0n) is 12.8. The summed E-state index contributed by atoms with van der Waals surface area (Å²) in [7, 11) is 0. The maximum absolute atomic E-state index is 12.1. The molecule has 0 aromatic carbocycles. The molecule has 1 aliphatic carbocycles. The molecule has 1 rings (SSSR count). The summed E-state index contributed by atoms with van der Waals surface area (Å²) >= 11 is 0. The molecule has 1 unspecified atom stereocenters. The van der Waals surface area contributed by atoms with E-state index in [1.54, 1.807) is 13.8 Å². The average molecular weight is 282 g/mol. The number of esters is 2. The molecule has 20 heavy (non-hydrogen) atoms. The van der Waals surface area contributed by atoms with Gasteiger partial charge in [0.15, 0.2) is 5.92 Å². The SMILES string of the molecule is CCOC(=O)C(C(=O)OCC)C1CCCC/C=C(/C)C1. The van der Waals surface area contributed by atoms with Crippen LogP contribution in [0.5, 0.6) is 0 Å². The Labute approximate surface area is 121 Å². The first-order chi connectivity index (χ1) is 9.60. The highest BCUT2D eigenvalue weighted by Crippen LogP contribution is 2.30. The molecule has 1 aliphatic rings. The molecule has 0 heterocycles.